The maximum atomic E-state index is 10.5. The highest BCUT2D eigenvalue weighted by Crippen LogP contribution is 2.31. The number of hydrogen-bond acceptors (Lipinski definition) is 3. The molecule has 1 N–H and O–H groups in total. The number of anilines is 1. The van der Waals surface area contributed by atoms with E-state index in [1.807, 2.05) is 24.3 Å². The van der Waals surface area contributed by atoms with Crippen LogP contribution in [0.4, 0.5) is 5.69 Å². The lowest BCUT2D eigenvalue weighted by molar-refractivity contribution is 0.263. The molecule has 2 rings (SSSR count). The molecule has 4 nitrogen and oxygen atoms in total. The van der Waals surface area contributed by atoms with Gasteiger partial charge < -0.3 is 5.11 Å². The summed E-state index contributed by atoms with van der Waals surface area (Å²) in [6.07, 6.45) is 0.693. The summed E-state index contributed by atoms with van der Waals surface area (Å²) in [4.78, 5) is 10.5. The highest BCUT2D eigenvalue weighted by Gasteiger charge is 2.29. The Morgan fingerprint density at radius 3 is 3.00 bits per heavy atom. The number of aliphatic hydroxyl groups excluding tert-OH is 1. The van der Waals surface area contributed by atoms with Crippen molar-refractivity contribution in [1.29, 1.82) is 0 Å². The smallest absolute Gasteiger partial charge is 0.0830 e. The molecule has 68 valence electrons. The minimum absolute atomic E-state index is 0.0413. The molecule has 1 aliphatic heterocycles. The zero-order valence-corrected chi connectivity index (χ0v) is 7.05. The standard InChI is InChI=1S/C9H10N2O2/c12-6-8-5-7-3-1-2-4-9(7)11(8)10-13/h1-4,8,12H,5-6H2/t8-/m1/s1. The normalized spacial score (nSPS) is 20.1. The number of hydrogen-bond donors (Lipinski definition) is 1. The van der Waals surface area contributed by atoms with Crippen LogP contribution in [0.5, 0.6) is 0 Å². The van der Waals surface area contributed by atoms with Gasteiger partial charge in [0.25, 0.3) is 0 Å². The summed E-state index contributed by atoms with van der Waals surface area (Å²) in [5.74, 6) is 0. The van der Waals surface area contributed by atoms with Crippen LogP contribution >= 0.6 is 0 Å². The van der Waals surface area contributed by atoms with Crippen molar-refractivity contribution in [3.05, 3.63) is 34.7 Å². The summed E-state index contributed by atoms with van der Waals surface area (Å²) in [5, 5.41) is 13.2. The molecule has 1 aliphatic rings. The fraction of sp³-hybridized carbons (Fsp3) is 0.333. The first-order chi connectivity index (χ1) is 6.36. The van der Waals surface area contributed by atoms with E-state index in [9.17, 15) is 4.91 Å². The van der Waals surface area contributed by atoms with Crippen LogP contribution in [0.1, 0.15) is 5.56 Å². The van der Waals surface area contributed by atoms with Gasteiger partial charge in [0.05, 0.1) is 23.6 Å². The van der Waals surface area contributed by atoms with E-state index < -0.39 is 0 Å². The quantitative estimate of drug-likeness (QED) is 0.690. The summed E-state index contributed by atoms with van der Waals surface area (Å²) in [7, 11) is 0. The molecule has 4 heteroatoms. The van der Waals surface area contributed by atoms with Crippen molar-refractivity contribution in [2.75, 3.05) is 11.6 Å². The number of nitrogens with zero attached hydrogens (tertiary/aromatic N) is 2. The van der Waals surface area contributed by atoms with Crippen LogP contribution < -0.4 is 5.01 Å². The lowest BCUT2D eigenvalue weighted by atomic mass is 10.1. The molecule has 0 saturated carbocycles. The predicted molar refractivity (Wildman–Crippen MR) is 49.3 cm³/mol. The van der Waals surface area contributed by atoms with Crippen molar-refractivity contribution in [3.8, 4) is 0 Å². The zero-order valence-electron chi connectivity index (χ0n) is 7.05. The molecule has 1 heterocycles. The molecule has 0 amide bonds. The molecule has 1 aromatic rings. The minimum Gasteiger partial charge on any atom is -0.394 e. The summed E-state index contributed by atoms with van der Waals surface area (Å²) in [6, 6.07) is 7.38. The van der Waals surface area contributed by atoms with Crippen molar-refractivity contribution in [2.45, 2.75) is 12.5 Å². The van der Waals surface area contributed by atoms with Crippen LogP contribution in [0.25, 0.3) is 0 Å². The topological polar surface area (TPSA) is 52.9 Å². The second kappa shape index (κ2) is 3.14. The first-order valence-electron chi connectivity index (χ1n) is 4.18. The highest BCUT2D eigenvalue weighted by atomic mass is 16.3. The number of aliphatic hydroxyl groups is 1. The maximum Gasteiger partial charge on any atom is 0.0830 e. The van der Waals surface area contributed by atoms with Gasteiger partial charge in [-0.25, -0.2) is 5.01 Å². The Morgan fingerprint density at radius 2 is 2.31 bits per heavy atom. The average Bonchev–Trinajstić information content (AvgIpc) is 2.55. The van der Waals surface area contributed by atoms with Crippen molar-refractivity contribution < 1.29 is 5.11 Å². The SMILES string of the molecule is O=NN1c2ccccc2C[C@@H]1CO. The molecule has 13 heavy (non-hydrogen) atoms. The summed E-state index contributed by atoms with van der Waals surface area (Å²) in [6.45, 7) is -0.0413. The van der Waals surface area contributed by atoms with E-state index in [2.05, 4.69) is 5.29 Å². The average molecular weight is 178 g/mol. The Kier molecular flexibility index (Phi) is 1.98. The van der Waals surface area contributed by atoms with Gasteiger partial charge >= 0.3 is 0 Å². The maximum absolute atomic E-state index is 10.5. The van der Waals surface area contributed by atoms with Crippen molar-refractivity contribution >= 4 is 5.69 Å². The van der Waals surface area contributed by atoms with Gasteiger partial charge in [0.1, 0.15) is 0 Å². The Balaban J connectivity index is 2.39. The van der Waals surface area contributed by atoms with Crippen LogP contribution in [-0.4, -0.2) is 17.8 Å². The zero-order chi connectivity index (χ0) is 9.26. The fourth-order valence-corrected chi connectivity index (χ4v) is 1.70. The van der Waals surface area contributed by atoms with E-state index in [0.717, 1.165) is 11.3 Å². The molecule has 1 atom stereocenters. The molecule has 0 saturated heterocycles. The van der Waals surface area contributed by atoms with Crippen molar-refractivity contribution in [3.63, 3.8) is 0 Å². The number of nitroso groups, excluding NO2 is 1. The van der Waals surface area contributed by atoms with E-state index in [4.69, 9.17) is 5.11 Å². The molecular formula is C9H10N2O2. The van der Waals surface area contributed by atoms with Crippen molar-refractivity contribution in [2.24, 2.45) is 5.29 Å². The van der Waals surface area contributed by atoms with Gasteiger partial charge in [0, 0.05) is 0 Å². The monoisotopic (exact) mass is 178 g/mol. The van der Waals surface area contributed by atoms with Gasteiger partial charge in [0.15, 0.2) is 0 Å². The first-order valence-corrected chi connectivity index (χ1v) is 4.18. The fourth-order valence-electron chi connectivity index (χ4n) is 1.70. The van der Waals surface area contributed by atoms with Gasteiger partial charge in [-0.05, 0) is 18.1 Å². The molecule has 0 fully saturated rings. The molecule has 0 radical (unpaired) electrons. The number of fused-ring (bicyclic) bond motifs is 1. The largest absolute Gasteiger partial charge is 0.394 e. The molecule has 0 aliphatic carbocycles. The van der Waals surface area contributed by atoms with Gasteiger partial charge in [-0.2, -0.15) is 0 Å². The summed E-state index contributed by atoms with van der Waals surface area (Å²) < 4.78 is 0. The number of rotatable bonds is 2. The molecule has 0 aromatic heterocycles. The first kappa shape index (κ1) is 8.19. The second-order valence-corrected chi connectivity index (χ2v) is 3.10. The van der Waals surface area contributed by atoms with E-state index in [0.29, 0.717) is 6.42 Å². The predicted octanol–water partition coefficient (Wildman–Crippen LogP) is 1.09. The highest BCUT2D eigenvalue weighted by molar-refractivity contribution is 5.58. The van der Waals surface area contributed by atoms with Gasteiger partial charge in [-0.15, -0.1) is 4.91 Å². The van der Waals surface area contributed by atoms with Crippen LogP contribution in [-0.2, 0) is 6.42 Å². The second-order valence-electron chi connectivity index (χ2n) is 3.10. The van der Waals surface area contributed by atoms with Crippen LogP contribution in [0.3, 0.4) is 0 Å². The number of para-hydroxylation sites is 1. The Bertz CT molecular complexity index is 327. The third-order valence-electron chi connectivity index (χ3n) is 2.34. The Hall–Kier alpha value is -1.42. The van der Waals surface area contributed by atoms with Crippen LogP contribution in [0.15, 0.2) is 29.6 Å². The lowest BCUT2D eigenvalue weighted by Gasteiger charge is -2.15. The summed E-state index contributed by atoms with van der Waals surface area (Å²) in [5.41, 5.74) is 1.89. The Morgan fingerprint density at radius 1 is 1.54 bits per heavy atom. The lowest BCUT2D eigenvalue weighted by Crippen LogP contribution is -2.29. The van der Waals surface area contributed by atoms with Gasteiger partial charge in [-0.1, -0.05) is 18.2 Å². The minimum atomic E-state index is -0.185. The molecule has 0 spiro atoms. The number of benzene rings is 1. The Labute approximate surface area is 75.7 Å². The van der Waals surface area contributed by atoms with E-state index in [-0.39, 0.29) is 12.6 Å². The molecule has 0 unspecified atom stereocenters. The van der Waals surface area contributed by atoms with Crippen molar-refractivity contribution in [1.82, 2.24) is 0 Å². The third-order valence-corrected chi connectivity index (χ3v) is 2.34. The van der Waals surface area contributed by atoms with E-state index >= 15 is 0 Å². The molecule has 0 bridgehead atoms. The third kappa shape index (κ3) is 1.19. The molecule has 1 aromatic carbocycles. The van der Waals surface area contributed by atoms with Crippen LogP contribution in [0.2, 0.25) is 0 Å². The van der Waals surface area contributed by atoms with Gasteiger partial charge in [0.2, 0.25) is 0 Å². The van der Waals surface area contributed by atoms with Crippen LogP contribution in [0, 0.1) is 4.91 Å². The van der Waals surface area contributed by atoms with Gasteiger partial charge in [-0.3, -0.25) is 0 Å². The molecular weight excluding hydrogens is 168 g/mol. The van der Waals surface area contributed by atoms with E-state index in [1.165, 1.54) is 5.01 Å². The summed E-state index contributed by atoms with van der Waals surface area (Å²) >= 11 is 0. The van der Waals surface area contributed by atoms with E-state index in [1.54, 1.807) is 0 Å².